The molecule has 0 aromatic heterocycles. The molecule has 0 saturated heterocycles. The van der Waals surface area contributed by atoms with Crippen LogP contribution in [0.5, 0.6) is 0 Å². The first-order valence-electron chi connectivity index (χ1n) is 6.73. The first-order chi connectivity index (χ1) is 10.3. The summed E-state index contributed by atoms with van der Waals surface area (Å²) in [7, 11) is 0. The maximum Gasteiger partial charge on any atom is 0.142 e. The van der Waals surface area contributed by atoms with Gasteiger partial charge in [-0.25, -0.2) is 8.78 Å². The zero-order valence-corrected chi connectivity index (χ0v) is 14.8. The van der Waals surface area contributed by atoms with Gasteiger partial charge >= 0.3 is 0 Å². The Bertz CT molecular complexity index is 679. The van der Waals surface area contributed by atoms with E-state index in [0.717, 1.165) is 17.3 Å². The molecule has 0 saturated carbocycles. The Morgan fingerprint density at radius 2 is 1.64 bits per heavy atom. The Labute approximate surface area is 143 Å². The Kier molecular flexibility index (Phi) is 5.41. The molecule has 118 valence electrons. The molecule has 0 spiro atoms. The normalized spacial score (nSPS) is 11.8. The maximum atomic E-state index is 14.5. The molecule has 0 aliphatic carbocycles. The van der Waals surface area contributed by atoms with Crippen molar-refractivity contribution in [1.29, 1.82) is 0 Å². The topological polar surface area (TPSA) is 0 Å². The van der Waals surface area contributed by atoms with Crippen LogP contribution in [-0.4, -0.2) is 6.26 Å². The standard InChI is InChI=1S/C17H16Cl2F2S/c1-17(2,14-11(18)5-4-6-12(14)19)9-10-7-8-13(20)16(22-3)15(10)21/h4-8H,9H2,1-3H3. The minimum absolute atomic E-state index is 0.0403. The molecule has 0 bridgehead atoms. The van der Waals surface area contributed by atoms with Crippen molar-refractivity contribution in [2.45, 2.75) is 30.6 Å². The number of hydrogen-bond acceptors (Lipinski definition) is 1. The van der Waals surface area contributed by atoms with Crippen molar-refractivity contribution in [2.75, 3.05) is 6.26 Å². The Morgan fingerprint density at radius 1 is 1.05 bits per heavy atom. The summed E-state index contributed by atoms with van der Waals surface area (Å²) in [6, 6.07) is 8.08. The summed E-state index contributed by atoms with van der Waals surface area (Å²) in [6.07, 6.45) is 2.03. The molecule has 0 N–H and O–H groups in total. The third-order valence-electron chi connectivity index (χ3n) is 3.61. The molecule has 0 aliphatic heterocycles. The van der Waals surface area contributed by atoms with Gasteiger partial charge in [0.1, 0.15) is 11.6 Å². The van der Waals surface area contributed by atoms with Crippen LogP contribution in [0, 0.1) is 11.6 Å². The zero-order chi connectivity index (χ0) is 16.5. The van der Waals surface area contributed by atoms with Crippen molar-refractivity contribution < 1.29 is 8.78 Å². The molecule has 0 nitrogen and oxygen atoms in total. The van der Waals surface area contributed by atoms with E-state index in [4.69, 9.17) is 23.2 Å². The van der Waals surface area contributed by atoms with Gasteiger partial charge < -0.3 is 0 Å². The molecule has 0 unspecified atom stereocenters. The van der Waals surface area contributed by atoms with E-state index >= 15 is 0 Å². The maximum absolute atomic E-state index is 14.5. The largest absolute Gasteiger partial charge is 0.206 e. The van der Waals surface area contributed by atoms with Gasteiger partial charge in [-0.05, 0) is 47.4 Å². The third kappa shape index (κ3) is 3.42. The van der Waals surface area contributed by atoms with E-state index in [0.29, 0.717) is 22.0 Å². The predicted octanol–water partition coefficient (Wildman–Crippen LogP) is 6.51. The van der Waals surface area contributed by atoms with E-state index in [1.165, 1.54) is 12.1 Å². The second-order valence-electron chi connectivity index (χ2n) is 5.71. The van der Waals surface area contributed by atoms with Crippen molar-refractivity contribution in [2.24, 2.45) is 0 Å². The number of rotatable bonds is 4. The molecule has 0 heterocycles. The highest BCUT2D eigenvalue weighted by Crippen LogP contribution is 2.39. The van der Waals surface area contributed by atoms with Crippen LogP contribution in [0.1, 0.15) is 25.0 Å². The van der Waals surface area contributed by atoms with Gasteiger partial charge in [0.2, 0.25) is 0 Å². The van der Waals surface area contributed by atoms with Crippen LogP contribution in [0.2, 0.25) is 10.0 Å². The third-order valence-corrected chi connectivity index (χ3v) is 5.02. The van der Waals surface area contributed by atoms with Gasteiger partial charge in [-0.15, -0.1) is 11.8 Å². The van der Waals surface area contributed by atoms with Gasteiger partial charge in [0.25, 0.3) is 0 Å². The van der Waals surface area contributed by atoms with Crippen molar-refractivity contribution in [3.63, 3.8) is 0 Å². The van der Waals surface area contributed by atoms with Crippen LogP contribution in [-0.2, 0) is 11.8 Å². The van der Waals surface area contributed by atoms with E-state index in [-0.39, 0.29) is 4.90 Å². The minimum Gasteiger partial charge on any atom is -0.206 e. The minimum atomic E-state index is -0.540. The second-order valence-corrected chi connectivity index (χ2v) is 7.34. The van der Waals surface area contributed by atoms with E-state index in [2.05, 4.69) is 0 Å². The fourth-order valence-corrected chi connectivity index (χ4v) is 4.09. The number of hydrogen-bond donors (Lipinski definition) is 0. The molecule has 2 aromatic rings. The summed E-state index contributed by atoms with van der Waals surface area (Å²) in [6.45, 7) is 3.89. The Morgan fingerprint density at radius 3 is 2.18 bits per heavy atom. The molecule has 0 aliphatic rings. The lowest BCUT2D eigenvalue weighted by atomic mass is 9.79. The highest BCUT2D eigenvalue weighted by molar-refractivity contribution is 7.98. The summed E-state index contributed by atoms with van der Waals surface area (Å²) < 4.78 is 28.1. The fraction of sp³-hybridized carbons (Fsp3) is 0.294. The van der Waals surface area contributed by atoms with Crippen LogP contribution < -0.4 is 0 Å². The molecule has 2 aromatic carbocycles. The van der Waals surface area contributed by atoms with Crippen LogP contribution in [0.4, 0.5) is 8.78 Å². The Balaban J connectivity index is 2.46. The molecule has 0 atom stereocenters. The van der Waals surface area contributed by atoms with E-state index in [1.54, 1.807) is 24.5 Å². The lowest BCUT2D eigenvalue weighted by Gasteiger charge is -2.28. The monoisotopic (exact) mass is 360 g/mol. The van der Waals surface area contributed by atoms with Crippen LogP contribution in [0.3, 0.4) is 0 Å². The van der Waals surface area contributed by atoms with Gasteiger partial charge in [-0.3, -0.25) is 0 Å². The summed E-state index contributed by atoms with van der Waals surface area (Å²) >= 11 is 13.6. The first kappa shape index (κ1) is 17.6. The lowest BCUT2D eigenvalue weighted by Crippen LogP contribution is -2.22. The molecule has 0 radical (unpaired) electrons. The molecule has 5 heteroatoms. The summed E-state index contributed by atoms with van der Waals surface area (Å²) in [5.74, 6) is -1.05. The van der Waals surface area contributed by atoms with E-state index in [1.807, 2.05) is 13.8 Å². The average molecular weight is 361 g/mol. The van der Waals surface area contributed by atoms with Crippen molar-refractivity contribution in [3.8, 4) is 0 Å². The number of benzene rings is 2. The molecule has 22 heavy (non-hydrogen) atoms. The Hall–Kier alpha value is -0.770. The van der Waals surface area contributed by atoms with Gasteiger partial charge in [0.15, 0.2) is 0 Å². The highest BCUT2D eigenvalue weighted by atomic mass is 35.5. The van der Waals surface area contributed by atoms with E-state index < -0.39 is 17.0 Å². The molecular formula is C17H16Cl2F2S. The lowest BCUT2D eigenvalue weighted by molar-refractivity contribution is 0.482. The van der Waals surface area contributed by atoms with Crippen LogP contribution in [0.25, 0.3) is 0 Å². The number of thioether (sulfide) groups is 1. The van der Waals surface area contributed by atoms with Crippen molar-refractivity contribution >= 4 is 35.0 Å². The summed E-state index contributed by atoms with van der Waals surface area (Å²) in [5, 5.41) is 1.09. The van der Waals surface area contributed by atoms with Crippen LogP contribution >= 0.6 is 35.0 Å². The van der Waals surface area contributed by atoms with Gasteiger partial charge in [0.05, 0.1) is 4.90 Å². The predicted molar refractivity (Wildman–Crippen MR) is 91.3 cm³/mol. The molecule has 2 rings (SSSR count). The van der Waals surface area contributed by atoms with Crippen LogP contribution in [0.15, 0.2) is 35.2 Å². The SMILES string of the molecule is CSc1c(F)ccc(CC(C)(C)c2c(Cl)cccc2Cl)c1F. The fourth-order valence-electron chi connectivity index (χ4n) is 2.61. The molecular weight excluding hydrogens is 345 g/mol. The number of halogens is 4. The van der Waals surface area contributed by atoms with Crippen molar-refractivity contribution in [3.05, 3.63) is 63.1 Å². The smallest absolute Gasteiger partial charge is 0.142 e. The van der Waals surface area contributed by atoms with Crippen molar-refractivity contribution in [1.82, 2.24) is 0 Å². The second kappa shape index (κ2) is 6.77. The first-order valence-corrected chi connectivity index (χ1v) is 8.71. The summed E-state index contributed by atoms with van der Waals surface area (Å²) in [4.78, 5) is 0.0403. The van der Waals surface area contributed by atoms with Gasteiger partial charge in [-0.2, -0.15) is 0 Å². The summed E-state index contributed by atoms with van der Waals surface area (Å²) in [5.41, 5.74) is 0.739. The quantitative estimate of drug-likeness (QED) is 0.559. The zero-order valence-electron chi connectivity index (χ0n) is 12.5. The highest BCUT2D eigenvalue weighted by Gasteiger charge is 2.28. The average Bonchev–Trinajstić information content (AvgIpc) is 2.42. The molecule has 0 fully saturated rings. The van der Waals surface area contributed by atoms with Gasteiger partial charge in [0, 0.05) is 10.0 Å². The van der Waals surface area contributed by atoms with E-state index in [9.17, 15) is 8.78 Å². The molecule has 0 amide bonds. The van der Waals surface area contributed by atoms with Gasteiger partial charge in [-0.1, -0.05) is 49.2 Å².